The van der Waals surface area contributed by atoms with Crippen molar-refractivity contribution < 1.29 is 0 Å². The van der Waals surface area contributed by atoms with Gasteiger partial charge in [0.2, 0.25) is 0 Å². The Morgan fingerprint density at radius 2 is 0.886 bits per heavy atom. The monoisotopic (exact) mass is 575 g/mol. The first-order chi connectivity index (χ1) is 21.8. The maximum absolute atomic E-state index is 2.51. The molecule has 7 aromatic carbocycles. The molecule has 0 N–H and O–H groups in total. The van der Waals surface area contributed by atoms with Crippen LogP contribution >= 0.6 is 11.3 Å². The van der Waals surface area contributed by atoms with Gasteiger partial charge in [0.1, 0.15) is 0 Å². The molecule has 0 amide bonds. The lowest BCUT2D eigenvalue weighted by Gasteiger charge is -2.06. The predicted molar refractivity (Wildman–Crippen MR) is 192 cm³/mol. The van der Waals surface area contributed by atoms with E-state index in [1.54, 1.807) is 0 Å². The van der Waals surface area contributed by atoms with Gasteiger partial charge in [0, 0.05) is 41.7 Å². The van der Waals surface area contributed by atoms with Gasteiger partial charge in [-0.05, 0) is 56.9 Å². The Labute approximate surface area is 257 Å². The van der Waals surface area contributed by atoms with Crippen LogP contribution in [0.25, 0.3) is 90.9 Å². The second-order valence-corrected chi connectivity index (χ2v) is 12.7. The zero-order valence-corrected chi connectivity index (χ0v) is 24.6. The second-order valence-electron chi connectivity index (χ2n) is 11.7. The number of benzene rings is 7. The molecular formula is C42H25NS. The van der Waals surface area contributed by atoms with Crippen molar-refractivity contribution in [1.82, 2.24) is 4.40 Å². The third-order valence-electron chi connectivity index (χ3n) is 9.37. The van der Waals surface area contributed by atoms with E-state index in [0.717, 1.165) is 0 Å². The van der Waals surface area contributed by atoms with E-state index >= 15 is 0 Å². The first-order valence-corrected chi connectivity index (χ1v) is 15.9. The molecule has 10 aromatic rings. The van der Waals surface area contributed by atoms with Crippen LogP contribution in [0, 0.1) is 0 Å². The molecule has 1 nitrogen and oxygen atoms in total. The zero-order chi connectivity index (χ0) is 28.8. The molecule has 44 heavy (non-hydrogen) atoms. The highest BCUT2D eigenvalue weighted by atomic mass is 32.1. The summed E-state index contributed by atoms with van der Waals surface area (Å²) in [6, 6.07) is 56.1. The van der Waals surface area contributed by atoms with E-state index in [-0.39, 0.29) is 0 Å². The minimum Gasteiger partial charge on any atom is -0.308 e. The Bertz CT molecular complexity index is 2830. The average Bonchev–Trinajstić information content (AvgIpc) is 3.64. The predicted octanol–water partition coefficient (Wildman–Crippen LogP) is 12.3. The van der Waals surface area contributed by atoms with Gasteiger partial charge in [-0.1, -0.05) is 127 Å². The van der Waals surface area contributed by atoms with Crippen LogP contribution in [0.1, 0.15) is 0 Å². The summed E-state index contributed by atoms with van der Waals surface area (Å²) in [5.74, 6) is 0. The number of rotatable bonds is 1. The maximum atomic E-state index is 2.51. The van der Waals surface area contributed by atoms with Gasteiger partial charge >= 0.3 is 0 Å². The van der Waals surface area contributed by atoms with Crippen molar-refractivity contribution in [3.8, 4) is 11.1 Å². The number of thiophene rings is 1. The standard InChI is InChI=1S/C42H25NS/c1-3-13-30-28(11-1)29-12-2-4-14-31(29)34-18-10-19-35-37-25-26(23-24-39(37)43(41(34)35)38-21-7-5-15-32(30)38)27-17-9-20-36-33-16-6-8-22-40(33)44-42(27)36/h1-25H. The molecular weight excluding hydrogens is 551 g/mol. The summed E-state index contributed by atoms with van der Waals surface area (Å²) in [5.41, 5.74) is 6.24. The Balaban J connectivity index is 1.43. The molecule has 0 bridgehead atoms. The summed E-state index contributed by atoms with van der Waals surface area (Å²) in [5, 5.41) is 12.8. The highest BCUT2D eigenvalue weighted by Crippen LogP contribution is 2.43. The molecule has 0 aliphatic heterocycles. The molecule has 3 aromatic heterocycles. The van der Waals surface area contributed by atoms with E-state index < -0.39 is 0 Å². The fourth-order valence-corrected chi connectivity index (χ4v) is 8.72. The number of hydrogen-bond donors (Lipinski definition) is 0. The molecule has 0 fully saturated rings. The zero-order valence-electron chi connectivity index (χ0n) is 23.8. The Hall–Kier alpha value is -5.44. The molecule has 0 unspecified atom stereocenters. The molecule has 0 saturated heterocycles. The summed E-state index contributed by atoms with van der Waals surface area (Å²) in [7, 11) is 0. The van der Waals surface area contributed by atoms with E-state index in [2.05, 4.69) is 156 Å². The van der Waals surface area contributed by atoms with Crippen molar-refractivity contribution in [2.45, 2.75) is 0 Å². The molecule has 0 saturated carbocycles. The van der Waals surface area contributed by atoms with Gasteiger partial charge in [-0.2, -0.15) is 0 Å². The summed E-state index contributed by atoms with van der Waals surface area (Å²) in [6.45, 7) is 0. The summed E-state index contributed by atoms with van der Waals surface area (Å²) >= 11 is 1.89. The third kappa shape index (κ3) is 3.23. The molecule has 204 valence electrons. The van der Waals surface area contributed by atoms with Crippen LogP contribution in [-0.4, -0.2) is 4.40 Å². The topological polar surface area (TPSA) is 4.41 Å². The van der Waals surface area contributed by atoms with Gasteiger partial charge in [0.05, 0.1) is 16.6 Å². The molecule has 0 spiro atoms. The Morgan fingerprint density at radius 1 is 0.364 bits per heavy atom. The fourth-order valence-electron chi connectivity index (χ4n) is 7.48. The van der Waals surface area contributed by atoms with Gasteiger partial charge in [0.15, 0.2) is 0 Å². The number of para-hydroxylation sites is 2. The van der Waals surface area contributed by atoms with Gasteiger partial charge in [0.25, 0.3) is 0 Å². The van der Waals surface area contributed by atoms with E-state index in [9.17, 15) is 0 Å². The first kappa shape index (κ1) is 24.0. The SMILES string of the molecule is c1ccc2c(c1)sc1c(-c3ccc4c(c3)c3cccc5c6ccccc6c6ccccc6c6ccccc6n4c53)cccc12. The largest absolute Gasteiger partial charge is 0.308 e. The van der Waals surface area contributed by atoms with Crippen LogP contribution in [0.3, 0.4) is 0 Å². The van der Waals surface area contributed by atoms with Gasteiger partial charge in [-0.25, -0.2) is 0 Å². The lowest BCUT2D eigenvalue weighted by atomic mass is 9.99. The van der Waals surface area contributed by atoms with Crippen LogP contribution in [0.15, 0.2) is 152 Å². The minimum atomic E-state index is 1.21. The van der Waals surface area contributed by atoms with Crippen molar-refractivity contribution >= 4 is 91.1 Å². The highest BCUT2D eigenvalue weighted by Gasteiger charge is 2.17. The lowest BCUT2D eigenvalue weighted by molar-refractivity contribution is 1.35. The summed E-state index contributed by atoms with van der Waals surface area (Å²) in [6.07, 6.45) is 0. The van der Waals surface area contributed by atoms with Gasteiger partial charge in [-0.15, -0.1) is 11.3 Å². The first-order valence-electron chi connectivity index (χ1n) is 15.1. The quantitative estimate of drug-likeness (QED) is 0.183. The summed E-state index contributed by atoms with van der Waals surface area (Å²) in [4.78, 5) is 0. The van der Waals surface area contributed by atoms with Crippen molar-refractivity contribution in [3.05, 3.63) is 152 Å². The number of hydrogen-bond acceptors (Lipinski definition) is 1. The number of fused-ring (bicyclic) bond motifs is 13. The van der Waals surface area contributed by atoms with E-state index in [0.29, 0.717) is 0 Å². The normalized spacial score (nSPS) is 12.1. The maximum Gasteiger partial charge on any atom is 0.0619 e. The number of nitrogens with zero attached hydrogens (tertiary/aromatic N) is 1. The van der Waals surface area contributed by atoms with Crippen molar-refractivity contribution in [2.75, 3.05) is 0 Å². The second kappa shape index (κ2) is 9.03. The molecule has 2 heteroatoms. The molecule has 0 aliphatic rings. The van der Waals surface area contributed by atoms with Crippen molar-refractivity contribution in [3.63, 3.8) is 0 Å². The van der Waals surface area contributed by atoms with Crippen molar-refractivity contribution in [2.24, 2.45) is 0 Å². The van der Waals surface area contributed by atoms with E-state index in [4.69, 9.17) is 0 Å². The van der Waals surface area contributed by atoms with Crippen LogP contribution in [0.4, 0.5) is 0 Å². The molecule has 0 radical (unpaired) electrons. The van der Waals surface area contributed by atoms with Crippen molar-refractivity contribution in [1.29, 1.82) is 0 Å². The minimum absolute atomic E-state index is 1.21. The smallest absolute Gasteiger partial charge is 0.0619 e. The van der Waals surface area contributed by atoms with Crippen LogP contribution < -0.4 is 0 Å². The van der Waals surface area contributed by atoms with E-state index in [1.807, 2.05) is 11.3 Å². The number of aromatic nitrogens is 1. The van der Waals surface area contributed by atoms with Gasteiger partial charge in [-0.3, -0.25) is 0 Å². The molecule has 3 heterocycles. The van der Waals surface area contributed by atoms with E-state index in [1.165, 1.54) is 90.9 Å². The average molecular weight is 576 g/mol. The lowest BCUT2D eigenvalue weighted by Crippen LogP contribution is -1.86. The highest BCUT2D eigenvalue weighted by molar-refractivity contribution is 7.26. The molecule has 0 atom stereocenters. The summed E-state index contributed by atoms with van der Waals surface area (Å²) < 4.78 is 5.20. The Kier molecular flexibility index (Phi) is 4.94. The van der Waals surface area contributed by atoms with Crippen LogP contribution in [-0.2, 0) is 0 Å². The molecule has 0 aliphatic carbocycles. The third-order valence-corrected chi connectivity index (χ3v) is 10.6. The fraction of sp³-hybridized carbons (Fsp3) is 0. The molecule has 10 rings (SSSR count). The van der Waals surface area contributed by atoms with Crippen LogP contribution in [0.5, 0.6) is 0 Å². The van der Waals surface area contributed by atoms with Gasteiger partial charge < -0.3 is 4.40 Å². The Morgan fingerprint density at radius 3 is 1.66 bits per heavy atom. The van der Waals surface area contributed by atoms with Crippen LogP contribution in [0.2, 0.25) is 0 Å².